The summed E-state index contributed by atoms with van der Waals surface area (Å²) in [6.07, 6.45) is 13.6. The lowest BCUT2D eigenvalue weighted by molar-refractivity contribution is 0.560. The SMILES string of the molecule is CCCCCCCCCCCCNc1cc(Cl)ccc1Cl. The highest BCUT2D eigenvalue weighted by atomic mass is 35.5. The molecule has 0 saturated carbocycles. The van der Waals surface area contributed by atoms with Gasteiger partial charge in [0.15, 0.2) is 0 Å². The first-order chi connectivity index (χ1) is 10.2. The van der Waals surface area contributed by atoms with E-state index in [2.05, 4.69) is 12.2 Å². The molecule has 0 aliphatic heterocycles. The summed E-state index contributed by atoms with van der Waals surface area (Å²) in [6, 6.07) is 5.54. The molecular formula is C18H29Cl2N. The maximum absolute atomic E-state index is 6.11. The van der Waals surface area contributed by atoms with Crippen LogP contribution in [0.4, 0.5) is 5.69 Å². The zero-order chi connectivity index (χ0) is 15.3. The van der Waals surface area contributed by atoms with Gasteiger partial charge in [0.1, 0.15) is 0 Å². The normalized spacial score (nSPS) is 10.8. The predicted molar refractivity (Wildman–Crippen MR) is 96.8 cm³/mol. The van der Waals surface area contributed by atoms with Gasteiger partial charge in [-0.1, -0.05) is 87.9 Å². The summed E-state index contributed by atoms with van der Waals surface area (Å²) in [6.45, 7) is 3.24. The van der Waals surface area contributed by atoms with Crippen LogP contribution in [0.2, 0.25) is 10.0 Å². The Kier molecular flexibility index (Phi) is 10.8. The molecule has 0 aliphatic carbocycles. The molecule has 1 rings (SSSR count). The number of anilines is 1. The van der Waals surface area contributed by atoms with Crippen LogP contribution in [0.1, 0.15) is 71.1 Å². The Hall–Kier alpha value is -0.400. The molecule has 1 aromatic rings. The Morgan fingerprint density at radius 1 is 0.810 bits per heavy atom. The summed E-state index contributed by atoms with van der Waals surface area (Å²) >= 11 is 12.1. The van der Waals surface area contributed by atoms with E-state index in [1.54, 1.807) is 0 Å². The van der Waals surface area contributed by atoms with E-state index in [-0.39, 0.29) is 0 Å². The van der Waals surface area contributed by atoms with Gasteiger partial charge in [-0.3, -0.25) is 0 Å². The summed E-state index contributed by atoms with van der Waals surface area (Å²) in [5, 5.41) is 4.83. The van der Waals surface area contributed by atoms with Crippen molar-refractivity contribution in [3.05, 3.63) is 28.2 Å². The Labute approximate surface area is 140 Å². The van der Waals surface area contributed by atoms with Crippen LogP contribution in [0.15, 0.2) is 18.2 Å². The minimum Gasteiger partial charge on any atom is -0.384 e. The van der Waals surface area contributed by atoms with Crippen LogP contribution in [-0.4, -0.2) is 6.54 Å². The van der Waals surface area contributed by atoms with E-state index in [1.165, 1.54) is 64.2 Å². The van der Waals surface area contributed by atoms with Crippen molar-refractivity contribution >= 4 is 28.9 Å². The summed E-state index contributed by atoms with van der Waals surface area (Å²) < 4.78 is 0. The van der Waals surface area contributed by atoms with E-state index in [1.807, 2.05) is 18.2 Å². The fraction of sp³-hybridized carbons (Fsp3) is 0.667. The van der Waals surface area contributed by atoms with Gasteiger partial charge < -0.3 is 5.32 Å². The van der Waals surface area contributed by atoms with Gasteiger partial charge in [-0.2, -0.15) is 0 Å². The second kappa shape index (κ2) is 12.2. The largest absolute Gasteiger partial charge is 0.384 e. The summed E-state index contributed by atoms with van der Waals surface area (Å²) in [5.74, 6) is 0. The third kappa shape index (κ3) is 9.26. The van der Waals surface area contributed by atoms with Crippen LogP contribution in [0, 0.1) is 0 Å². The first-order valence-electron chi connectivity index (χ1n) is 8.43. The molecule has 0 spiro atoms. The molecule has 120 valence electrons. The lowest BCUT2D eigenvalue weighted by Gasteiger charge is -2.08. The minimum absolute atomic E-state index is 0.727. The van der Waals surface area contributed by atoms with Gasteiger partial charge in [0, 0.05) is 11.6 Å². The number of hydrogen-bond donors (Lipinski definition) is 1. The van der Waals surface area contributed by atoms with Crippen molar-refractivity contribution in [1.29, 1.82) is 0 Å². The van der Waals surface area contributed by atoms with Crippen molar-refractivity contribution in [2.45, 2.75) is 71.1 Å². The van der Waals surface area contributed by atoms with Gasteiger partial charge in [-0.25, -0.2) is 0 Å². The first kappa shape index (κ1) is 18.6. The van der Waals surface area contributed by atoms with Crippen LogP contribution in [-0.2, 0) is 0 Å². The van der Waals surface area contributed by atoms with Crippen molar-refractivity contribution in [1.82, 2.24) is 0 Å². The van der Waals surface area contributed by atoms with E-state index in [9.17, 15) is 0 Å². The molecule has 0 unspecified atom stereocenters. The first-order valence-corrected chi connectivity index (χ1v) is 9.18. The Morgan fingerprint density at radius 3 is 2.00 bits per heavy atom. The van der Waals surface area contributed by atoms with Crippen LogP contribution in [0.25, 0.3) is 0 Å². The van der Waals surface area contributed by atoms with Gasteiger partial charge in [0.25, 0.3) is 0 Å². The van der Waals surface area contributed by atoms with Crippen molar-refractivity contribution < 1.29 is 0 Å². The third-order valence-corrected chi connectivity index (χ3v) is 4.34. The smallest absolute Gasteiger partial charge is 0.0638 e. The van der Waals surface area contributed by atoms with Crippen molar-refractivity contribution in [3.8, 4) is 0 Å². The summed E-state index contributed by atoms with van der Waals surface area (Å²) in [4.78, 5) is 0. The van der Waals surface area contributed by atoms with E-state index >= 15 is 0 Å². The minimum atomic E-state index is 0.727. The lowest BCUT2D eigenvalue weighted by atomic mass is 10.1. The molecule has 1 nitrogen and oxygen atoms in total. The van der Waals surface area contributed by atoms with E-state index < -0.39 is 0 Å². The number of rotatable bonds is 12. The molecule has 21 heavy (non-hydrogen) atoms. The molecule has 1 aromatic carbocycles. The zero-order valence-corrected chi connectivity index (χ0v) is 14.8. The van der Waals surface area contributed by atoms with Crippen LogP contribution >= 0.6 is 23.2 Å². The molecule has 0 heterocycles. The number of hydrogen-bond acceptors (Lipinski definition) is 1. The molecule has 1 N–H and O–H groups in total. The van der Waals surface area contributed by atoms with Gasteiger partial charge in [0.2, 0.25) is 0 Å². The molecule has 0 atom stereocenters. The quantitative estimate of drug-likeness (QED) is 0.396. The van der Waals surface area contributed by atoms with Crippen LogP contribution in [0.5, 0.6) is 0 Å². The predicted octanol–water partition coefficient (Wildman–Crippen LogP) is 7.33. The fourth-order valence-electron chi connectivity index (χ4n) is 2.47. The summed E-state index contributed by atoms with van der Waals surface area (Å²) in [7, 11) is 0. The molecule has 0 fully saturated rings. The average molecular weight is 330 g/mol. The maximum Gasteiger partial charge on any atom is 0.0638 e. The third-order valence-electron chi connectivity index (χ3n) is 3.77. The molecule has 0 aliphatic rings. The zero-order valence-electron chi connectivity index (χ0n) is 13.3. The number of nitrogens with one attached hydrogen (secondary N) is 1. The standard InChI is InChI=1S/C18H29Cl2N/c1-2-3-4-5-6-7-8-9-10-11-14-21-18-15-16(19)12-13-17(18)20/h12-13,15,21H,2-11,14H2,1H3. The van der Waals surface area contributed by atoms with Gasteiger partial charge in [-0.05, 0) is 24.6 Å². The number of halogens is 2. The van der Waals surface area contributed by atoms with Crippen LogP contribution < -0.4 is 5.32 Å². The second-order valence-corrected chi connectivity index (χ2v) is 6.58. The molecule has 0 radical (unpaired) electrons. The van der Waals surface area contributed by atoms with Gasteiger partial charge >= 0.3 is 0 Å². The highest BCUT2D eigenvalue weighted by molar-refractivity contribution is 6.35. The molecule has 0 amide bonds. The highest BCUT2D eigenvalue weighted by Crippen LogP contribution is 2.25. The number of benzene rings is 1. The van der Waals surface area contributed by atoms with Crippen molar-refractivity contribution in [3.63, 3.8) is 0 Å². The number of unbranched alkanes of at least 4 members (excludes halogenated alkanes) is 9. The second-order valence-electron chi connectivity index (χ2n) is 5.73. The fourth-order valence-corrected chi connectivity index (χ4v) is 2.82. The Balaban J connectivity index is 1.94. The van der Waals surface area contributed by atoms with Crippen molar-refractivity contribution in [2.75, 3.05) is 11.9 Å². The highest BCUT2D eigenvalue weighted by Gasteiger charge is 2.00. The molecule has 3 heteroatoms. The Bertz CT molecular complexity index is 379. The topological polar surface area (TPSA) is 12.0 Å². The van der Waals surface area contributed by atoms with E-state index in [0.29, 0.717) is 0 Å². The summed E-state index contributed by atoms with van der Waals surface area (Å²) in [5.41, 5.74) is 0.945. The lowest BCUT2D eigenvalue weighted by Crippen LogP contribution is -2.01. The van der Waals surface area contributed by atoms with Crippen LogP contribution in [0.3, 0.4) is 0 Å². The van der Waals surface area contributed by atoms with Gasteiger partial charge in [0.05, 0.1) is 10.7 Å². The van der Waals surface area contributed by atoms with Gasteiger partial charge in [-0.15, -0.1) is 0 Å². The monoisotopic (exact) mass is 329 g/mol. The van der Waals surface area contributed by atoms with E-state index in [4.69, 9.17) is 23.2 Å². The molecule has 0 aromatic heterocycles. The van der Waals surface area contributed by atoms with Crippen molar-refractivity contribution in [2.24, 2.45) is 0 Å². The van der Waals surface area contributed by atoms with E-state index in [0.717, 1.165) is 22.3 Å². The molecule has 0 bridgehead atoms. The maximum atomic E-state index is 6.11. The molecular weight excluding hydrogens is 301 g/mol. The Morgan fingerprint density at radius 2 is 1.38 bits per heavy atom. The average Bonchev–Trinajstić information content (AvgIpc) is 2.48. The molecule has 0 saturated heterocycles.